The standard InChI is InChI=1S/C23H31N3O7/c1-26-8-7-22-11-13(25-15(21(31)32)10-17(27)28)5-6-23(22,33-2)16(26)9-12-3-4-14(20(24)30)19(29)18(12)22/h3-4,13,15-16,25,29H,5-11H2,1-2H3,(H2,24,30)(H,27,28)(H,31,32)/t13-,15?,16-,22-,23-/m1/s1. The lowest BCUT2D eigenvalue weighted by Gasteiger charge is -2.66. The fourth-order valence-corrected chi connectivity index (χ4v) is 6.76. The molecule has 0 radical (unpaired) electrons. The van der Waals surface area contributed by atoms with E-state index < -0.39 is 41.3 Å². The number of aromatic hydroxyl groups is 1. The number of nitrogens with two attached hydrogens (primary N) is 1. The number of rotatable bonds is 7. The lowest BCUT2D eigenvalue weighted by atomic mass is 9.48. The molecule has 1 unspecified atom stereocenters. The van der Waals surface area contributed by atoms with Gasteiger partial charge in [0.15, 0.2) is 0 Å². The number of ether oxygens (including phenoxy) is 1. The van der Waals surface area contributed by atoms with Crippen molar-refractivity contribution >= 4 is 17.8 Å². The summed E-state index contributed by atoms with van der Waals surface area (Å²) in [7, 11) is 3.72. The van der Waals surface area contributed by atoms with Crippen LogP contribution in [0, 0.1) is 0 Å². The predicted molar refractivity (Wildman–Crippen MR) is 117 cm³/mol. The van der Waals surface area contributed by atoms with Crippen LogP contribution in [0.4, 0.5) is 0 Å². The first-order valence-electron chi connectivity index (χ1n) is 11.2. The molecule has 180 valence electrons. The third-order valence-corrected chi connectivity index (χ3v) is 8.13. The Labute approximate surface area is 191 Å². The van der Waals surface area contributed by atoms with Gasteiger partial charge < -0.3 is 36.0 Å². The van der Waals surface area contributed by atoms with Crippen LogP contribution < -0.4 is 11.1 Å². The predicted octanol–water partition coefficient (Wildman–Crippen LogP) is 0.444. The van der Waals surface area contributed by atoms with E-state index in [0.29, 0.717) is 37.7 Å². The molecule has 1 aromatic carbocycles. The minimum absolute atomic E-state index is 0.0396. The number of hydrogen-bond donors (Lipinski definition) is 5. The van der Waals surface area contributed by atoms with Crippen LogP contribution in [-0.2, 0) is 26.2 Å². The van der Waals surface area contributed by atoms with Gasteiger partial charge in [-0.15, -0.1) is 0 Å². The van der Waals surface area contributed by atoms with Crippen molar-refractivity contribution in [3.05, 3.63) is 28.8 Å². The van der Waals surface area contributed by atoms with Gasteiger partial charge in [-0.1, -0.05) is 6.07 Å². The highest BCUT2D eigenvalue weighted by Gasteiger charge is 2.66. The maximum Gasteiger partial charge on any atom is 0.321 e. The Morgan fingerprint density at radius 2 is 2.03 bits per heavy atom. The van der Waals surface area contributed by atoms with Crippen LogP contribution in [0.5, 0.6) is 5.75 Å². The molecule has 1 saturated carbocycles. The summed E-state index contributed by atoms with van der Waals surface area (Å²) >= 11 is 0. The van der Waals surface area contributed by atoms with Gasteiger partial charge in [0.2, 0.25) is 0 Å². The fraction of sp³-hybridized carbons (Fsp3) is 0.609. The number of fused-ring (bicyclic) bond motifs is 1. The molecule has 0 spiro atoms. The Morgan fingerprint density at radius 3 is 2.64 bits per heavy atom. The number of carbonyl (C=O) groups excluding carboxylic acids is 1. The third kappa shape index (κ3) is 3.48. The van der Waals surface area contributed by atoms with E-state index in [-0.39, 0.29) is 23.4 Å². The number of methoxy groups -OCH3 is 1. The number of hydrogen-bond acceptors (Lipinski definition) is 7. The number of carboxylic acid groups (broad SMARTS) is 2. The van der Waals surface area contributed by atoms with Crippen molar-refractivity contribution in [2.24, 2.45) is 5.73 Å². The molecule has 3 aliphatic rings. The van der Waals surface area contributed by atoms with E-state index in [1.165, 1.54) is 0 Å². The molecule has 0 aromatic heterocycles. The van der Waals surface area contributed by atoms with Crippen LogP contribution in [0.25, 0.3) is 0 Å². The van der Waals surface area contributed by atoms with Gasteiger partial charge in [0, 0.05) is 30.2 Å². The first-order chi connectivity index (χ1) is 15.6. The highest BCUT2D eigenvalue weighted by Crippen LogP contribution is 2.61. The summed E-state index contributed by atoms with van der Waals surface area (Å²) in [5.41, 5.74) is 5.82. The molecule has 2 bridgehead atoms. The first-order valence-corrected chi connectivity index (χ1v) is 11.2. The van der Waals surface area contributed by atoms with Crippen LogP contribution >= 0.6 is 0 Å². The average Bonchev–Trinajstić information content (AvgIpc) is 2.74. The minimum atomic E-state index is -1.23. The smallest absolute Gasteiger partial charge is 0.321 e. The molecule has 1 amide bonds. The van der Waals surface area contributed by atoms with Gasteiger partial charge >= 0.3 is 11.9 Å². The Balaban J connectivity index is 1.83. The lowest BCUT2D eigenvalue weighted by molar-refractivity contribution is -0.185. The second-order valence-electron chi connectivity index (χ2n) is 9.58. The number of phenols is 1. The summed E-state index contributed by atoms with van der Waals surface area (Å²) in [4.78, 5) is 37.2. The Morgan fingerprint density at radius 1 is 1.30 bits per heavy atom. The molecule has 10 heteroatoms. The maximum absolute atomic E-state index is 12.0. The number of likely N-dealkylation sites (N-methyl/N-ethyl adjacent to an activating group) is 1. The van der Waals surface area contributed by atoms with Crippen molar-refractivity contribution in [1.29, 1.82) is 0 Å². The zero-order valence-corrected chi connectivity index (χ0v) is 18.8. The SMILES string of the molecule is CO[C@@]12CC[C@@H](NC(CC(=O)O)C(=O)O)C[C@@]13CCN(C)[C@@H]2Cc1ccc(C(N)=O)c(O)c13. The number of piperidine rings is 1. The van der Waals surface area contributed by atoms with Crippen LogP contribution in [0.15, 0.2) is 12.1 Å². The van der Waals surface area contributed by atoms with Gasteiger partial charge in [-0.25, -0.2) is 0 Å². The molecule has 1 aliphatic heterocycles. The first kappa shape index (κ1) is 23.5. The minimum Gasteiger partial charge on any atom is -0.507 e. The molecular weight excluding hydrogens is 430 g/mol. The van der Waals surface area contributed by atoms with Crippen LogP contribution in [0.2, 0.25) is 0 Å². The normalized spacial score (nSPS) is 31.8. The number of amides is 1. The molecule has 10 nitrogen and oxygen atoms in total. The Hall–Kier alpha value is -2.69. The summed E-state index contributed by atoms with van der Waals surface area (Å²) < 4.78 is 6.28. The quantitative estimate of drug-likeness (QED) is 0.388. The van der Waals surface area contributed by atoms with Gasteiger partial charge in [-0.3, -0.25) is 14.4 Å². The molecule has 1 aromatic rings. The van der Waals surface area contributed by atoms with Crippen molar-refractivity contribution in [1.82, 2.24) is 10.2 Å². The largest absolute Gasteiger partial charge is 0.507 e. The second kappa shape index (κ2) is 8.27. The van der Waals surface area contributed by atoms with Crippen LogP contribution in [0.3, 0.4) is 0 Å². The van der Waals surface area contributed by atoms with E-state index in [1.807, 2.05) is 6.07 Å². The van der Waals surface area contributed by atoms with Crippen molar-refractivity contribution in [2.45, 2.75) is 67.7 Å². The average molecular weight is 462 g/mol. The molecule has 2 fully saturated rings. The van der Waals surface area contributed by atoms with E-state index in [0.717, 1.165) is 12.1 Å². The molecule has 2 aliphatic carbocycles. The number of carboxylic acids is 2. The number of benzene rings is 1. The highest BCUT2D eigenvalue weighted by atomic mass is 16.5. The van der Waals surface area contributed by atoms with Gasteiger partial charge in [0.25, 0.3) is 5.91 Å². The summed E-state index contributed by atoms with van der Waals surface area (Å²) in [6.07, 6.45) is 2.36. The fourth-order valence-electron chi connectivity index (χ4n) is 6.76. The molecule has 6 N–H and O–H groups in total. The number of nitrogens with zero attached hydrogens (tertiary/aromatic N) is 1. The number of likely N-dealkylation sites (tertiary alicyclic amines) is 1. The number of nitrogens with one attached hydrogen (secondary N) is 1. The molecule has 5 atom stereocenters. The Kier molecular flexibility index (Phi) is 5.88. The maximum atomic E-state index is 12.0. The molecule has 1 heterocycles. The van der Waals surface area contributed by atoms with Gasteiger partial charge in [-0.2, -0.15) is 0 Å². The molecular formula is C23H31N3O7. The van der Waals surface area contributed by atoms with E-state index in [2.05, 4.69) is 17.3 Å². The zero-order chi connectivity index (χ0) is 24.1. The third-order valence-electron chi connectivity index (χ3n) is 8.13. The van der Waals surface area contributed by atoms with E-state index in [1.54, 1.807) is 13.2 Å². The summed E-state index contributed by atoms with van der Waals surface area (Å²) in [5, 5.41) is 33.0. The van der Waals surface area contributed by atoms with Crippen LogP contribution in [0.1, 0.15) is 53.6 Å². The molecule has 1 saturated heterocycles. The number of primary amides is 1. The molecule has 4 rings (SSSR count). The van der Waals surface area contributed by atoms with Gasteiger partial charge in [0.05, 0.1) is 17.6 Å². The van der Waals surface area contributed by atoms with E-state index in [9.17, 15) is 24.6 Å². The van der Waals surface area contributed by atoms with Crippen molar-refractivity contribution in [3.8, 4) is 5.75 Å². The summed E-state index contributed by atoms with van der Waals surface area (Å²) in [5.74, 6) is -3.27. The summed E-state index contributed by atoms with van der Waals surface area (Å²) in [6, 6.07) is 1.89. The number of aliphatic carboxylic acids is 2. The zero-order valence-electron chi connectivity index (χ0n) is 18.8. The van der Waals surface area contributed by atoms with Crippen molar-refractivity contribution < 1.29 is 34.4 Å². The highest BCUT2D eigenvalue weighted by molar-refractivity contribution is 5.96. The van der Waals surface area contributed by atoms with E-state index in [4.69, 9.17) is 15.6 Å². The second-order valence-corrected chi connectivity index (χ2v) is 9.58. The Bertz CT molecular complexity index is 999. The lowest BCUT2D eigenvalue weighted by Crippen LogP contribution is -2.74. The van der Waals surface area contributed by atoms with E-state index >= 15 is 0 Å². The number of carbonyl (C=O) groups is 3. The monoisotopic (exact) mass is 461 g/mol. The molecule has 33 heavy (non-hydrogen) atoms. The van der Waals surface area contributed by atoms with Gasteiger partial charge in [0.1, 0.15) is 11.8 Å². The summed E-state index contributed by atoms with van der Waals surface area (Å²) in [6.45, 7) is 0.736. The van der Waals surface area contributed by atoms with Crippen molar-refractivity contribution in [2.75, 3.05) is 20.7 Å². The van der Waals surface area contributed by atoms with Crippen LogP contribution in [-0.4, -0.2) is 82.5 Å². The topological polar surface area (TPSA) is 162 Å². The van der Waals surface area contributed by atoms with Crippen molar-refractivity contribution in [3.63, 3.8) is 0 Å². The van der Waals surface area contributed by atoms with Gasteiger partial charge in [-0.05, 0) is 57.3 Å².